The predicted molar refractivity (Wildman–Crippen MR) is 262 cm³/mol. The molecule has 0 saturated carbocycles. The monoisotopic (exact) mass is 969 g/mol. The van der Waals surface area contributed by atoms with Gasteiger partial charge in [0.2, 0.25) is 18.0 Å². The number of ether oxygens (including phenoxy) is 4. The minimum Gasteiger partial charge on any atom is -0.490 e. The first-order valence-electron chi connectivity index (χ1n) is 24.6. The summed E-state index contributed by atoms with van der Waals surface area (Å²) in [6.07, 6.45) is 6.20. The van der Waals surface area contributed by atoms with Gasteiger partial charge in [0.25, 0.3) is 0 Å². The van der Waals surface area contributed by atoms with Crippen molar-refractivity contribution in [3.63, 3.8) is 0 Å². The summed E-state index contributed by atoms with van der Waals surface area (Å²) in [6, 6.07) is 15.3. The lowest BCUT2D eigenvalue weighted by molar-refractivity contribution is -0.136. The van der Waals surface area contributed by atoms with E-state index in [2.05, 4.69) is 33.6 Å². The molecule has 3 aromatic carbocycles. The lowest BCUT2D eigenvalue weighted by Gasteiger charge is -2.32. The number of aromatic amines is 2. The highest BCUT2D eigenvalue weighted by Gasteiger charge is 2.40. The van der Waals surface area contributed by atoms with Gasteiger partial charge in [0, 0.05) is 35.2 Å². The summed E-state index contributed by atoms with van der Waals surface area (Å²) in [5.74, 6) is 1.20. The van der Waals surface area contributed by atoms with Crippen LogP contribution in [0.2, 0.25) is 0 Å². The number of aryl methyl sites for hydroxylation is 1. The third-order valence-corrected chi connectivity index (χ3v) is 14.4. The number of fused-ring (bicyclic) bond motifs is 6. The number of amides is 4. The quantitative estimate of drug-likeness (QED) is 0.0972. The van der Waals surface area contributed by atoms with Gasteiger partial charge in [-0.05, 0) is 111 Å². The molecular formula is C53H60FN9O8. The van der Waals surface area contributed by atoms with Crippen molar-refractivity contribution >= 4 is 34.9 Å². The Labute approximate surface area is 410 Å². The highest BCUT2D eigenvalue weighted by molar-refractivity contribution is 5.93. The molecule has 2 fully saturated rings. The zero-order valence-corrected chi connectivity index (χ0v) is 41.0. The summed E-state index contributed by atoms with van der Waals surface area (Å²) >= 11 is 0. The minimum atomic E-state index is -0.779. The van der Waals surface area contributed by atoms with Crippen LogP contribution in [0.25, 0.3) is 44.7 Å². The van der Waals surface area contributed by atoms with E-state index in [1.165, 1.54) is 20.3 Å². The Hall–Kier alpha value is -7.37. The van der Waals surface area contributed by atoms with Crippen molar-refractivity contribution in [2.24, 2.45) is 11.8 Å². The number of benzene rings is 3. The summed E-state index contributed by atoms with van der Waals surface area (Å²) in [4.78, 5) is 71.9. The van der Waals surface area contributed by atoms with Crippen LogP contribution in [-0.4, -0.2) is 104 Å². The van der Waals surface area contributed by atoms with E-state index in [0.717, 1.165) is 64.7 Å². The zero-order chi connectivity index (χ0) is 49.8. The molecule has 3 aromatic heterocycles. The molecule has 18 heteroatoms. The molecule has 4 N–H and O–H groups in total. The number of carbonyl (C=O) groups excluding carboxylic acids is 4. The average Bonchev–Trinajstić information content (AvgIpc) is 4.23. The molecule has 17 nitrogen and oxygen atoms in total. The Morgan fingerprint density at radius 1 is 0.732 bits per heavy atom. The van der Waals surface area contributed by atoms with Gasteiger partial charge in [-0.2, -0.15) is 0 Å². The van der Waals surface area contributed by atoms with E-state index in [4.69, 9.17) is 28.9 Å². The molecule has 4 aliphatic heterocycles. The van der Waals surface area contributed by atoms with Gasteiger partial charge in [-0.1, -0.05) is 33.8 Å². The van der Waals surface area contributed by atoms with Crippen molar-refractivity contribution in [3.8, 4) is 45.3 Å². The number of hydrogen-bond donors (Lipinski definition) is 4. The van der Waals surface area contributed by atoms with Gasteiger partial charge in [-0.15, -0.1) is 0 Å². The molecule has 0 aliphatic carbocycles. The van der Waals surface area contributed by atoms with Gasteiger partial charge < -0.3 is 53.9 Å². The molecule has 0 radical (unpaired) electrons. The average molecular weight is 970 g/mol. The fraction of sp³-hybridized carbons (Fsp3) is 0.434. The van der Waals surface area contributed by atoms with Crippen molar-refractivity contribution in [1.29, 1.82) is 0 Å². The number of aromatic nitrogens is 5. The van der Waals surface area contributed by atoms with Crippen LogP contribution in [0.15, 0.2) is 67.0 Å². The Balaban J connectivity index is 0.985. The number of rotatable bonds is 11. The number of halogens is 1. The van der Waals surface area contributed by atoms with E-state index in [1.807, 2.05) is 74.7 Å². The summed E-state index contributed by atoms with van der Waals surface area (Å²) in [7, 11) is 2.54. The topological polar surface area (TPSA) is 198 Å². The first-order valence-corrected chi connectivity index (χ1v) is 24.6. The van der Waals surface area contributed by atoms with E-state index < -0.39 is 36.3 Å². The SMILES string of the molecule is COC(=O)N[C@H](C(=O)N1CCC[C@H]1c1ncc(-c2cc(F)c3c(c2)O[C@@H](c2ccc4c(c2)CCC(C)O4)n2c-3cc3cc(-c4cnc([C@@H]5CCCN5C(=O)[C@@H](NC(=O)OC)C(C)C)[nH]4)ccc32)[nH]1)C(C)C. The highest BCUT2D eigenvalue weighted by Crippen LogP contribution is 2.48. The number of nitrogens with zero attached hydrogens (tertiary/aromatic N) is 5. The minimum absolute atomic E-state index is 0.112. The predicted octanol–water partition coefficient (Wildman–Crippen LogP) is 8.97. The van der Waals surface area contributed by atoms with Gasteiger partial charge in [-0.3, -0.25) is 9.59 Å². The lowest BCUT2D eigenvalue weighted by Crippen LogP contribution is -2.51. The number of carbonyl (C=O) groups is 4. The van der Waals surface area contributed by atoms with E-state index in [0.29, 0.717) is 65.8 Å². The normalized spacial score (nSPS) is 20.2. The fourth-order valence-corrected chi connectivity index (χ4v) is 10.7. The van der Waals surface area contributed by atoms with E-state index in [9.17, 15) is 19.2 Å². The molecule has 6 atom stereocenters. The second-order valence-corrected chi connectivity index (χ2v) is 19.8. The molecule has 6 aromatic rings. The zero-order valence-electron chi connectivity index (χ0n) is 41.0. The van der Waals surface area contributed by atoms with Crippen molar-refractivity contribution < 1.29 is 42.5 Å². The Bertz CT molecular complexity index is 3030. The number of nitrogens with one attached hydrogen (secondary N) is 4. The highest BCUT2D eigenvalue weighted by atomic mass is 19.1. The fourth-order valence-electron chi connectivity index (χ4n) is 10.7. The van der Waals surface area contributed by atoms with Gasteiger partial charge in [0.15, 0.2) is 0 Å². The van der Waals surface area contributed by atoms with Gasteiger partial charge in [0.1, 0.15) is 41.0 Å². The number of hydrogen-bond acceptors (Lipinski definition) is 10. The summed E-state index contributed by atoms with van der Waals surface area (Å²) < 4.78 is 41.8. The molecule has 7 heterocycles. The van der Waals surface area contributed by atoms with Crippen LogP contribution in [-0.2, 0) is 25.5 Å². The standard InChI is InChI=1S/C53H60FN9O8/c1-27(2)45(59-52(66)68-6)49(64)61-18-8-10-39(61)47-55-25-36(57-47)30-14-16-38-34(20-30)23-41-44-35(54)22-33(24-43(44)71-51(63(38)41)32-15-17-42-31(21-32)13-12-29(5)70-42)37-26-56-48(58-37)40-11-9-19-62(40)50(65)46(28(3)4)60-53(67)69-7/h14-17,20-29,39-40,45-46,51H,8-13,18-19H2,1-7H3,(H,55,57)(H,56,58)(H,59,66)(H,60,67)/t29?,39-,40-,45-,46-,51-/m0/s1. The summed E-state index contributed by atoms with van der Waals surface area (Å²) in [5.41, 5.74) is 6.47. The first kappa shape index (κ1) is 47.3. The molecule has 0 spiro atoms. The Morgan fingerprint density at radius 3 is 1.93 bits per heavy atom. The first-order chi connectivity index (χ1) is 34.2. The smallest absolute Gasteiger partial charge is 0.407 e. The third kappa shape index (κ3) is 8.81. The molecule has 0 bridgehead atoms. The number of H-pyrrole nitrogens is 2. The van der Waals surface area contributed by atoms with Crippen LogP contribution in [0.1, 0.15) is 108 Å². The largest absolute Gasteiger partial charge is 0.490 e. The lowest BCUT2D eigenvalue weighted by atomic mass is 9.98. The Morgan fingerprint density at radius 2 is 1.34 bits per heavy atom. The maximum absolute atomic E-state index is 17.0. The van der Waals surface area contributed by atoms with Gasteiger partial charge in [-0.25, -0.2) is 23.9 Å². The van der Waals surface area contributed by atoms with Crippen LogP contribution < -0.4 is 20.1 Å². The molecule has 2 saturated heterocycles. The van der Waals surface area contributed by atoms with Crippen molar-refractivity contribution in [2.75, 3.05) is 27.3 Å². The second kappa shape index (κ2) is 19.1. The molecular weight excluding hydrogens is 910 g/mol. The Kier molecular flexibility index (Phi) is 12.7. The molecule has 1 unspecified atom stereocenters. The van der Waals surface area contributed by atoms with Crippen LogP contribution >= 0.6 is 0 Å². The van der Waals surface area contributed by atoms with E-state index >= 15 is 4.39 Å². The maximum Gasteiger partial charge on any atom is 0.407 e. The second-order valence-electron chi connectivity index (χ2n) is 19.8. The summed E-state index contributed by atoms with van der Waals surface area (Å²) in [6.45, 7) is 10.6. The molecule has 71 heavy (non-hydrogen) atoms. The van der Waals surface area contributed by atoms with E-state index in [1.54, 1.807) is 22.2 Å². The number of alkyl carbamates (subject to hydrolysis) is 2. The van der Waals surface area contributed by atoms with Crippen LogP contribution in [0.3, 0.4) is 0 Å². The number of likely N-dealkylation sites (tertiary alicyclic amines) is 2. The van der Waals surface area contributed by atoms with Crippen molar-refractivity contribution in [3.05, 3.63) is 95.6 Å². The van der Waals surface area contributed by atoms with Crippen LogP contribution in [0.5, 0.6) is 11.5 Å². The summed E-state index contributed by atoms with van der Waals surface area (Å²) in [5, 5.41) is 6.26. The van der Waals surface area contributed by atoms with Gasteiger partial charge in [0.05, 0.1) is 73.0 Å². The van der Waals surface area contributed by atoms with E-state index in [-0.39, 0.29) is 41.8 Å². The van der Waals surface area contributed by atoms with Crippen LogP contribution in [0, 0.1) is 17.7 Å². The number of methoxy groups -OCH3 is 2. The van der Waals surface area contributed by atoms with Crippen LogP contribution in [0.4, 0.5) is 14.0 Å². The number of imidazole rings is 2. The molecule has 10 rings (SSSR count). The molecule has 372 valence electrons. The third-order valence-electron chi connectivity index (χ3n) is 14.4. The molecule has 4 amide bonds. The molecule has 4 aliphatic rings. The maximum atomic E-state index is 17.0. The van der Waals surface area contributed by atoms with Gasteiger partial charge >= 0.3 is 12.2 Å². The van der Waals surface area contributed by atoms with Crippen molar-refractivity contribution in [2.45, 2.75) is 110 Å². The van der Waals surface area contributed by atoms with Crippen molar-refractivity contribution in [1.82, 2.24) is 44.9 Å².